The molecule has 1 heterocycles. The summed E-state index contributed by atoms with van der Waals surface area (Å²) in [4.78, 5) is 25.1. The molecule has 4 bridgehead atoms. The van der Waals surface area contributed by atoms with Crippen LogP contribution in [0, 0.1) is 28.6 Å². The van der Waals surface area contributed by atoms with Gasteiger partial charge in [0.2, 0.25) is 0 Å². The van der Waals surface area contributed by atoms with E-state index < -0.39 is 45.9 Å². The van der Waals surface area contributed by atoms with Crippen LogP contribution in [0.25, 0.3) is 0 Å². The molecule has 0 aromatic rings. The van der Waals surface area contributed by atoms with E-state index in [2.05, 4.69) is 6.58 Å². The van der Waals surface area contributed by atoms with Crippen LogP contribution in [0.3, 0.4) is 0 Å². The molecule has 0 unspecified atom stereocenters. The minimum absolute atomic E-state index is 0.202. The monoisotopic (exact) mass is 348 g/mol. The summed E-state index contributed by atoms with van der Waals surface area (Å²) in [7, 11) is 0. The van der Waals surface area contributed by atoms with Gasteiger partial charge in [-0.25, -0.2) is 0 Å². The predicted octanol–water partition coefficient (Wildman–Crippen LogP) is 1.25. The number of aliphatic hydroxyl groups excluding tert-OH is 1. The fourth-order valence-corrected chi connectivity index (χ4v) is 7.72. The molecule has 0 amide bonds. The number of aliphatic hydroxyl groups is 2. The minimum Gasteiger partial charge on any atom is -0.481 e. The molecule has 0 aromatic carbocycles. The van der Waals surface area contributed by atoms with Crippen molar-refractivity contribution in [1.29, 1.82) is 0 Å². The summed E-state index contributed by atoms with van der Waals surface area (Å²) in [6, 6.07) is 0. The number of ether oxygens (including phenoxy) is 1. The van der Waals surface area contributed by atoms with Gasteiger partial charge in [-0.05, 0) is 51.0 Å². The number of hydrogen-bond donors (Lipinski definition) is 3. The molecule has 1 spiro atoms. The van der Waals surface area contributed by atoms with Gasteiger partial charge in [-0.3, -0.25) is 9.59 Å². The van der Waals surface area contributed by atoms with Crippen molar-refractivity contribution in [3.8, 4) is 0 Å². The topological polar surface area (TPSA) is 104 Å². The molecule has 0 aromatic heterocycles. The largest absolute Gasteiger partial charge is 0.481 e. The zero-order chi connectivity index (χ0) is 18.0. The molecule has 4 aliphatic carbocycles. The van der Waals surface area contributed by atoms with E-state index in [1.807, 2.05) is 6.92 Å². The maximum atomic E-state index is 12.7. The number of hydrogen-bond acceptors (Lipinski definition) is 5. The van der Waals surface area contributed by atoms with Crippen LogP contribution in [0.5, 0.6) is 0 Å². The Hall–Kier alpha value is -1.40. The van der Waals surface area contributed by atoms with Gasteiger partial charge in [0.1, 0.15) is 5.60 Å². The second-order valence-electron chi connectivity index (χ2n) is 9.25. The van der Waals surface area contributed by atoms with Crippen LogP contribution in [0.4, 0.5) is 0 Å². The van der Waals surface area contributed by atoms with E-state index in [1.54, 1.807) is 0 Å². The lowest BCUT2D eigenvalue weighted by molar-refractivity contribution is -0.167. The van der Waals surface area contributed by atoms with Crippen LogP contribution in [0.1, 0.15) is 45.4 Å². The summed E-state index contributed by atoms with van der Waals surface area (Å²) < 4.78 is 5.99. The third kappa shape index (κ3) is 1.37. The van der Waals surface area contributed by atoms with Gasteiger partial charge < -0.3 is 20.1 Å². The van der Waals surface area contributed by atoms with Crippen molar-refractivity contribution in [2.45, 2.75) is 62.8 Å². The Balaban J connectivity index is 1.78. The van der Waals surface area contributed by atoms with E-state index in [0.717, 1.165) is 6.42 Å². The molecular weight excluding hydrogens is 324 g/mol. The Morgan fingerprint density at radius 1 is 1.32 bits per heavy atom. The summed E-state index contributed by atoms with van der Waals surface area (Å²) >= 11 is 0. The van der Waals surface area contributed by atoms with E-state index in [4.69, 9.17) is 4.74 Å². The second kappa shape index (κ2) is 4.12. The molecule has 0 radical (unpaired) electrons. The molecule has 5 aliphatic rings. The van der Waals surface area contributed by atoms with Gasteiger partial charge in [-0.1, -0.05) is 6.58 Å². The standard InChI is InChI=1S/C19H24O6/c1-9-13(20)18-8-17(9,24)7-4-10(18)19-6-3-5-16(2,15(23)25-19)12(19)11(18)14(21)22/h10-13,20,24H,1,3-8H2,2H3,(H,21,22)/t10-,11-,12-,13-,16-,17+,18-,19-/m1/s1. The van der Waals surface area contributed by atoms with Crippen molar-refractivity contribution in [3.63, 3.8) is 0 Å². The lowest BCUT2D eigenvalue weighted by Gasteiger charge is -2.45. The predicted molar refractivity (Wildman–Crippen MR) is 85.3 cm³/mol. The average Bonchev–Trinajstić information content (AvgIpc) is 2.92. The van der Waals surface area contributed by atoms with Crippen LogP contribution in [-0.4, -0.2) is 44.6 Å². The van der Waals surface area contributed by atoms with Crippen molar-refractivity contribution in [1.82, 2.24) is 0 Å². The molecule has 5 fully saturated rings. The van der Waals surface area contributed by atoms with Crippen LogP contribution in [0.15, 0.2) is 12.2 Å². The van der Waals surface area contributed by atoms with Gasteiger partial charge in [0.25, 0.3) is 0 Å². The highest BCUT2D eigenvalue weighted by Crippen LogP contribution is 2.78. The number of carboxylic acids is 1. The Labute approximate surface area is 145 Å². The highest BCUT2D eigenvalue weighted by molar-refractivity contribution is 5.84. The lowest BCUT2D eigenvalue weighted by atomic mass is 9.60. The number of rotatable bonds is 1. The third-order valence-electron chi connectivity index (χ3n) is 8.52. The zero-order valence-corrected chi connectivity index (χ0v) is 14.3. The van der Waals surface area contributed by atoms with Gasteiger partial charge in [0.05, 0.1) is 23.0 Å². The fraction of sp³-hybridized carbons (Fsp3) is 0.789. The van der Waals surface area contributed by atoms with E-state index in [1.165, 1.54) is 0 Å². The molecule has 6 nitrogen and oxygen atoms in total. The first-order chi connectivity index (χ1) is 11.6. The number of aliphatic carboxylic acids is 1. The molecular formula is C19H24O6. The first-order valence-corrected chi connectivity index (χ1v) is 9.19. The van der Waals surface area contributed by atoms with Gasteiger partial charge in [0, 0.05) is 17.3 Å². The Bertz CT molecular complexity index is 731. The Morgan fingerprint density at radius 2 is 2.04 bits per heavy atom. The van der Waals surface area contributed by atoms with E-state index in [-0.39, 0.29) is 18.3 Å². The third-order valence-corrected chi connectivity index (χ3v) is 8.52. The Kier molecular flexibility index (Phi) is 2.61. The number of carbonyl (C=O) groups excluding carboxylic acids is 1. The van der Waals surface area contributed by atoms with Gasteiger partial charge in [-0.2, -0.15) is 0 Å². The number of fused-ring (bicyclic) bond motifs is 1. The molecule has 136 valence electrons. The fourth-order valence-electron chi connectivity index (χ4n) is 7.72. The van der Waals surface area contributed by atoms with Gasteiger partial charge >= 0.3 is 11.9 Å². The smallest absolute Gasteiger partial charge is 0.312 e. The molecule has 25 heavy (non-hydrogen) atoms. The number of carboxylic acid groups (broad SMARTS) is 1. The number of carbonyl (C=O) groups is 2. The summed E-state index contributed by atoms with van der Waals surface area (Å²) in [6.45, 7) is 5.73. The SMILES string of the molecule is C=C1[C@@H](O)[C@]23C[C@@]1(O)CC[C@H]2[C@@]12CCC[C@@](C)(C(=O)O1)[C@H]2[C@@H]3C(=O)O. The minimum atomic E-state index is -1.21. The first-order valence-electron chi connectivity index (χ1n) is 9.19. The van der Waals surface area contributed by atoms with E-state index in [0.29, 0.717) is 31.3 Å². The summed E-state index contributed by atoms with van der Waals surface area (Å²) in [5, 5.41) is 32.2. The van der Waals surface area contributed by atoms with E-state index >= 15 is 0 Å². The average molecular weight is 348 g/mol. The molecule has 4 saturated carbocycles. The van der Waals surface area contributed by atoms with E-state index in [9.17, 15) is 24.9 Å². The van der Waals surface area contributed by atoms with Crippen molar-refractivity contribution in [2.75, 3.05) is 0 Å². The molecule has 3 N–H and O–H groups in total. The normalized spacial score (nSPS) is 58.7. The zero-order valence-electron chi connectivity index (χ0n) is 14.3. The van der Waals surface area contributed by atoms with Gasteiger partial charge in [0.15, 0.2) is 0 Å². The van der Waals surface area contributed by atoms with Gasteiger partial charge in [-0.15, -0.1) is 0 Å². The van der Waals surface area contributed by atoms with Crippen LogP contribution in [-0.2, 0) is 14.3 Å². The summed E-state index contributed by atoms with van der Waals surface area (Å²) in [5.41, 5.74) is -3.51. The molecule has 6 heteroatoms. The second-order valence-corrected chi connectivity index (χ2v) is 9.25. The maximum Gasteiger partial charge on any atom is 0.312 e. The molecule has 1 saturated heterocycles. The van der Waals surface area contributed by atoms with Crippen LogP contribution in [0.2, 0.25) is 0 Å². The van der Waals surface area contributed by atoms with Crippen molar-refractivity contribution in [2.24, 2.45) is 28.6 Å². The summed E-state index contributed by atoms with van der Waals surface area (Å²) in [6.07, 6.45) is 2.20. The Morgan fingerprint density at radius 3 is 2.72 bits per heavy atom. The summed E-state index contributed by atoms with van der Waals surface area (Å²) in [5.74, 6) is -2.89. The van der Waals surface area contributed by atoms with Crippen molar-refractivity contribution in [3.05, 3.63) is 12.2 Å². The quantitative estimate of drug-likeness (QED) is 0.487. The highest BCUT2D eigenvalue weighted by Gasteiger charge is 2.84. The van der Waals surface area contributed by atoms with Crippen LogP contribution < -0.4 is 0 Å². The van der Waals surface area contributed by atoms with Crippen molar-refractivity contribution >= 4 is 11.9 Å². The van der Waals surface area contributed by atoms with Crippen LogP contribution >= 0.6 is 0 Å². The molecule has 1 aliphatic heterocycles. The molecule has 8 atom stereocenters. The first kappa shape index (κ1) is 15.8. The highest BCUT2D eigenvalue weighted by atomic mass is 16.6. The molecule has 5 rings (SSSR count). The maximum absolute atomic E-state index is 12.7. The lowest BCUT2D eigenvalue weighted by Crippen LogP contribution is -2.50. The van der Waals surface area contributed by atoms with Crippen molar-refractivity contribution < 1.29 is 29.6 Å². The number of esters is 1.